The molecule has 3 heteroatoms. The van der Waals surface area contributed by atoms with E-state index in [0.29, 0.717) is 6.61 Å². The third-order valence-electron chi connectivity index (χ3n) is 3.09. The molecule has 84 valence electrons. The van der Waals surface area contributed by atoms with Crippen LogP contribution >= 0.6 is 0 Å². The number of aliphatic hydroxyl groups is 1. The van der Waals surface area contributed by atoms with Crippen LogP contribution in [0, 0.1) is 0 Å². The first kappa shape index (κ1) is 12.0. The zero-order valence-electron chi connectivity index (χ0n) is 9.34. The Kier molecular flexibility index (Phi) is 6.15. The number of unbranched alkanes of at least 4 members (excludes halogenated alkanes) is 1. The second-order valence-corrected chi connectivity index (χ2v) is 4.25. The minimum atomic E-state index is 0.333. The summed E-state index contributed by atoms with van der Waals surface area (Å²) < 4.78 is 0. The number of hydrogen-bond donors (Lipinski definition) is 2. The molecule has 0 saturated carbocycles. The van der Waals surface area contributed by atoms with Gasteiger partial charge in [0, 0.05) is 12.6 Å². The third-order valence-corrected chi connectivity index (χ3v) is 3.09. The molecule has 2 N–H and O–H groups in total. The van der Waals surface area contributed by atoms with Crippen LogP contribution in [0.3, 0.4) is 0 Å². The van der Waals surface area contributed by atoms with E-state index in [9.17, 15) is 0 Å². The molecule has 1 fully saturated rings. The Labute approximate surface area is 87.5 Å². The fourth-order valence-corrected chi connectivity index (χ4v) is 2.10. The van der Waals surface area contributed by atoms with E-state index in [-0.39, 0.29) is 0 Å². The predicted molar refractivity (Wildman–Crippen MR) is 59.5 cm³/mol. The van der Waals surface area contributed by atoms with Crippen molar-refractivity contribution in [1.82, 2.24) is 10.2 Å². The highest BCUT2D eigenvalue weighted by Crippen LogP contribution is 2.12. The molecule has 0 aromatic heterocycles. The van der Waals surface area contributed by atoms with Crippen molar-refractivity contribution >= 4 is 0 Å². The molecule has 0 amide bonds. The number of aliphatic hydroxyl groups excluding tert-OH is 1. The molecule has 0 radical (unpaired) electrons. The highest BCUT2D eigenvalue weighted by atomic mass is 16.2. The van der Waals surface area contributed by atoms with E-state index in [2.05, 4.69) is 17.3 Å². The summed E-state index contributed by atoms with van der Waals surface area (Å²) >= 11 is 0. The highest BCUT2D eigenvalue weighted by Gasteiger charge is 2.15. The summed E-state index contributed by atoms with van der Waals surface area (Å²) in [5.74, 6) is 0. The molecule has 0 spiro atoms. The molecule has 1 unspecified atom stereocenters. The van der Waals surface area contributed by atoms with Crippen molar-refractivity contribution in [2.75, 3.05) is 33.3 Å². The fourth-order valence-electron chi connectivity index (χ4n) is 2.10. The van der Waals surface area contributed by atoms with Crippen molar-refractivity contribution in [1.29, 1.82) is 0 Å². The van der Waals surface area contributed by atoms with Crippen LogP contribution < -0.4 is 5.32 Å². The molecule has 3 nitrogen and oxygen atoms in total. The molecule has 1 saturated heterocycles. The lowest BCUT2D eigenvalue weighted by molar-refractivity contribution is 0.209. The Bertz CT molecular complexity index is 133. The summed E-state index contributed by atoms with van der Waals surface area (Å²) in [6, 6.07) is 0.753. The second kappa shape index (κ2) is 7.21. The first-order chi connectivity index (χ1) is 6.84. The van der Waals surface area contributed by atoms with Gasteiger partial charge in [-0.2, -0.15) is 0 Å². The highest BCUT2D eigenvalue weighted by molar-refractivity contribution is 4.73. The number of nitrogens with one attached hydrogen (secondary N) is 1. The summed E-state index contributed by atoms with van der Waals surface area (Å²) in [6.45, 7) is 3.81. The first-order valence-electron chi connectivity index (χ1n) is 5.86. The SMILES string of the molecule is CN(CCCCO)C1CCCNCC1. The quantitative estimate of drug-likeness (QED) is 0.645. The minimum Gasteiger partial charge on any atom is -0.396 e. The van der Waals surface area contributed by atoms with Crippen LogP contribution in [-0.4, -0.2) is 49.3 Å². The number of hydrogen-bond acceptors (Lipinski definition) is 3. The largest absolute Gasteiger partial charge is 0.396 e. The average Bonchev–Trinajstić information content (AvgIpc) is 2.46. The molecular formula is C11H24N2O. The molecule has 0 aromatic carbocycles. The van der Waals surface area contributed by atoms with Gasteiger partial charge >= 0.3 is 0 Å². The maximum Gasteiger partial charge on any atom is 0.0431 e. The van der Waals surface area contributed by atoms with Crippen molar-refractivity contribution in [2.24, 2.45) is 0 Å². The van der Waals surface area contributed by atoms with Crippen molar-refractivity contribution in [3.05, 3.63) is 0 Å². The normalized spacial score (nSPS) is 23.8. The van der Waals surface area contributed by atoms with E-state index in [1.54, 1.807) is 0 Å². The summed E-state index contributed by atoms with van der Waals surface area (Å²) in [7, 11) is 2.22. The summed E-state index contributed by atoms with van der Waals surface area (Å²) in [4.78, 5) is 2.46. The second-order valence-electron chi connectivity index (χ2n) is 4.25. The number of nitrogens with zero attached hydrogens (tertiary/aromatic N) is 1. The maximum atomic E-state index is 8.71. The first-order valence-corrected chi connectivity index (χ1v) is 5.86. The predicted octanol–water partition coefficient (Wildman–Crippen LogP) is 0.833. The minimum absolute atomic E-state index is 0.333. The van der Waals surface area contributed by atoms with Gasteiger partial charge in [-0.3, -0.25) is 0 Å². The van der Waals surface area contributed by atoms with Gasteiger partial charge in [0.15, 0.2) is 0 Å². The summed E-state index contributed by atoms with van der Waals surface area (Å²) in [5, 5.41) is 12.1. The molecular weight excluding hydrogens is 176 g/mol. The average molecular weight is 200 g/mol. The standard InChI is InChI=1S/C11H24N2O/c1-13(9-2-3-10-14)11-5-4-7-12-8-6-11/h11-12,14H,2-10H2,1H3. The van der Waals surface area contributed by atoms with Gasteiger partial charge in [-0.25, -0.2) is 0 Å². The lowest BCUT2D eigenvalue weighted by Gasteiger charge is -2.26. The Hall–Kier alpha value is -0.120. The van der Waals surface area contributed by atoms with E-state index in [1.807, 2.05) is 0 Å². The van der Waals surface area contributed by atoms with E-state index >= 15 is 0 Å². The molecule has 0 aliphatic carbocycles. The zero-order chi connectivity index (χ0) is 10.2. The van der Waals surface area contributed by atoms with Gasteiger partial charge in [0.1, 0.15) is 0 Å². The molecule has 1 aliphatic heterocycles. The van der Waals surface area contributed by atoms with Crippen molar-refractivity contribution < 1.29 is 5.11 Å². The Morgan fingerprint density at radius 2 is 2.14 bits per heavy atom. The van der Waals surface area contributed by atoms with Crippen molar-refractivity contribution in [2.45, 2.75) is 38.1 Å². The lowest BCUT2D eigenvalue weighted by atomic mass is 10.1. The number of rotatable bonds is 5. The molecule has 14 heavy (non-hydrogen) atoms. The molecule has 0 aromatic rings. The molecule has 1 aliphatic rings. The summed E-state index contributed by atoms with van der Waals surface area (Å²) in [5.41, 5.74) is 0. The van der Waals surface area contributed by atoms with Gasteiger partial charge in [0.05, 0.1) is 0 Å². The van der Waals surface area contributed by atoms with Gasteiger partial charge in [0.25, 0.3) is 0 Å². The molecule has 0 bridgehead atoms. The van der Waals surface area contributed by atoms with Gasteiger partial charge < -0.3 is 15.3 Å². The maximum absolute atomic E-state index is 8.71. The van der Waals surface area contributed by atoms with E-state index in [4.69, 9.17) is 5.11 Å². The Morgan fingerprint density at radius 1 is 1.29 bits per heavy atom. The van der Waals surface area contributed by atoms with Crippen LogP contribution in [-0.2, 0) is 0 Å². The smallest absolute Gasteiger partial charge is 0.0431 e. The molecule has 1 heterocycles. The third kappa shape index (κ3) is 4.40. The van der Waals surface area contributed by atoms with Gasteiger partial charge in [0.2, 0.25) is 0 Å². The van der Waals surface area contributed by atoms with Crippen LogP contribution in [0.15, 0.2) is 0 Å². The Balaban J connectivity index is 2.16. The topological polar surface area (TPSA) is 35.5 Å². The zero-order valence-corrected chi connectivity index (χ0v) is 9.34. The van der Waals surface area contributed by atoms with Crippen LogP contribution in [0.1, 0.15) is 32.1 Å². The van der Waals surface area contributed by atoms with Crippen LogP contribution in [0.5, 0.6) is 0 Å². The van der Waals surface area contributed by atoms with Crippen LogP contribution in [0.2, 0.25) is 0 Å². The lowest BCUT2D eigenvalue weighted by Crippen LogP contribution is -2.33. The van der Waals surface area contributed by atoms with Crippen molar-refractivity contribution in [3.8, 4) is 0 Å². The fraction of sp³-hybridized carbons (Fsp3) is 1.00. The van der Waals surface area contributed by atoms with E-state index < -0.39 is 0 Å². The Morgan fingerprint density at radius 3 is 2.93 bits per heavy atom. The van der Waals surface area contributed by atoms with Gasteiger partial charge in [-0.1, -0.05) is 0 Å². The summed E-state index contributed by atoms with van der Waals surface area (Å²) in [6.07, 6.45) is 5.96. The van der Waals surface area contributed by atoms with Crippen LogP contribution in [0.4, 0.5) is 0 Å². The van der Waals surface area contributed by atoms with Gasteiger partial charge in [-0.05, 0) is 58.8 Å². The van der Waals surface area contributed by atoms with E-state index in [1.165, 1.54) is 25.8 Å². The monoisotopic (exact) mass is 200 g/mol. The van der Waals surface area contributed by atoms with E-state index in [0.717, 1.165) is 32.0 Å². The van der Waals surface area contributed by atoms with Crippen molar-refractivity contribution in [3.63, 3.8) is 0 Å². The van der Waals surface area contributed by atoms with Gasteiger partial charge in [-0.15, -0.1) is 0 Å². The molecule has 1 rings (SSSR count). The molecule has 1 atom stereocenters. The van der Waals surface area contributed by atoms with Crippen LogP contribution in [0.25, 0.3) is 0 Å².